The van der Waals surface area contributed by atoms with Crippen LogP contribution in [0.25, 0.3) is 0 Å². The molecule has 1 aliphatic heterocycles. The number of pyridine rings is 1. The molecule has 1 aromatic carbocycles. The maximum atomic E-state index is 14.7. The van der Waals surface area contributed by atoms with Gasteiger partial charge in [-0.2, -0.15) is 0 Å². The minimum absolute atomic E-state index is 0.0326. The van der Waals surface area contributed by atoms with Gasteiger partial charge >= 0.3 is 0 Å². The van der Waals surface area contributed by atoms with Crippen LogP contribution < -0.4 is 0 Å². The van der Waals surface area contributed by atoms with Crippen LogP contribution in [0.3, 0.4) is 0 Å². The predicted octanol–water partition coefficient (Wildman–Crippen LogP) is 8.35. The second-order valence-corrected chi connectivity index (χ2v) is 12.3. The number of halogens is 3. The highest BCUT2D eigenvalue weighted by Crippen LogP contribution is 2.49. The molecule has 3 aliphatic rings. The van der Waals surface area contributed by atoms with Crippen LogP contribution in [0.2, 0.25) is 5.15 Å². The number of aromatic nitrogens is 1. The molecule has 2 aliphatic carbocycles. The summed E-state index contributed by atoms with van der Waals surface area (Å²) < 4.78 is 29.3. The van der Waals surface area contributed by atoms with E-state index in [1.807, 2.05) is 12.1 Å². The van der Waals surface area contributed by atoms with Gasteiger partial charge in [-0.1, -0.05) is 61.8 Å². The Balaban J connectivity index is 1.49. The third kappa shape index (κ3) is 5.24. The van der Waals surface area contributed by atoms with Crippen LogP contribution in [-0.4, -0.2) is 34.3 Å². The molecule has 1 aromatic heterocycles. The Morgan fingerprint density at radius 3 is 2.61 bits per heavy atom. The number of rotatable bonds is 6. The quantitative estimate of drug-likeness (QED) is 0.344. The van der Waals surface area contributed by atoms with Crippen LogP contribution in [0.5, 0.6) is 0 Å². The Hall–Kier alpha value is -2.01. The molecule has 5 atom stereocenters. The van der Waals surface area contributed by atoms with E-state index in [0.717, 1.165) is 62.6 Å². The fourth-order valence-corrected chi connectivity index (χ4v) is 8.25. The number of amides is 1. The predicted molar refractivity (Wildman–Crippen MR) is 149 cm³/mol. The summed E-state index contributed by atoms with van der Waals surface area (Å²) in [7, 11) is 0. The number of carbonyl (C=O) groups excluding carboxylic acids is 1. The number of likely N-dealkylation sites (tertiary alicyclic amines) is 1. The number of hydrogen-bond donors (Lipinski definition) is 0. The van der Waals surface area contributed by atoms with Crippen molar-refractivity contribution in [2.75, 3.05) is 6.54 Å². The van der Waals surface area contributed by atoms with Crippen molar-refractivity contribution in [1.82, 2.24) is 9.88 Å². The third-order valence-corrected chi connectivity index (χ3v) is 10.1. The molecule has 2 aromatic rings. The monoisotopic (exact) mass is 542 g/mol. The Morgan fingerprint density at radius 2 is 1.89 bits per heavy atom. The first-order valence-electron chi connectivity index (χ1n) is 14.7. The maximum Gasteiger partial charge on any atom is 0.248 e. The lowest BCUT2D eigenvalue weighted by atomic mass is 9.61. The summed E-state index contributed by atoms with van der Waals surface area (Å²) in [6, 6.07) is 14.2. The van der Waals surface area contributed by atoms with Crippen LogP contribution in [0, 0.1) is 11.8 Å². The van der Waals surface area contributed by atoms with Crippen LogP contribution >= 0.6 is 11.6 Å². The van der Waals surface area contributed by atoms with Gasteiger partial charge in [-0.3, -0.25) is 4.79 Å². The number of carbonyl (C=O) groups is 1. The van der Waals surface area contributed by atoms with E-state index in [2.05, 4.69) is 54.1 Å². The van der Waals surface area contributed by atoms with E-state index in [1.54, 1.807) is 0 Å². The Labute approximate surface area is 231 Å². The van der Waals surface area contributed by atoms with Crippen LogP contribution in [0.15, 0.2) is 42.5 Å². The second kappa shape index (κ2) is 11.2. The topological polar surface area (TPSA) is 33.2 Å². The first-order chi connectivity index (χ1) is 18.3. The van der Waals surface area contributed by atoms with Crippen molar-refractivity contribution < 1.29 is 13.6 Å². The van der Waals surface area contributed by atoms with Crippen molar-refractivity contribution in [3.05, 3.63) is 64.4 Å². The molecule has 0 bridgehead atoms. The van der Waals surface area contributed by atoms with Gasteiger partial charge in [0.2, 0.25) is 11.8 Å². The smallest absolute Gasteiger partial charge is 0.248 e. The number of piperidine rings is 1. The van der Waals surface area contributed by atoms with Crippen LogP contribution in [0.1, 0.15) is 101 Å². The fourth-order valence-electron chi connectivity index (χ4n) is 8.09. The standard InChI is InChI=1S/C32H41ClF2N2O/c1-3-25(31(4-2)17-9-13-27-26(31)14-15-29(33)36-27)30(38)37-19-16-23(22-10-6-5-7-11-22)20-28(37)24-12-8-18-32(34,35)21-24/h5-7,10-11,14-15,23-25,28H,3-4,8-9,12-13,16-21H2,1-2H3/t23-,24?,25+,28?,31+/m1/s1. The van der Waals surface area contributed by atoms with Gasteiger partial charge in [-0.25, -0.2) is 13.8 Å². The molecular formula is C32H41ClF2N2O. The Morgan fingerprint density at radius 1 is 1.11 bits per heavy atom. The van der Waals surface area contributed by atoms with Crippen molar-refractivity contribution in [1.29, 1.82) is 0 Å². The zero-order chi connectivity index (χ0) is 26.9. The molecule has 1 saturated carbocycles. The van der Waals surface area contributed by atoms with E-state index in [1.165, 1.54) is 5.56 Å². The summed E-state index contributed by atoms with van der Waals surface area (Å²) in [5.41, 5.74) is 3.14. The molecule has 2 heterocycles. The summed E-state index contributed by atoms with van der Waals surface area (Å²) in [5, 5.41) is 0.497. The highest BCUT2D eigenvalue weighted by molar-refractivity contribution is 6.29. The van der Waals surface area contributed by atoms with Crippen molar-refractivity contribution in [2.24, 2.45) is 11.8 Å². The molecule has 38 heavy (non-hydrogen) atoms. The van der Waals surface area contributed by atoms with E-state index < -0.39 is 5.92 Å². The molecule has 1 saturated heterocycles. The highest BCUT2D eigenvalue weighted by atomic mass is 35.5. The Kier molecular flexibility index (Phi) is 8.14. The average molecular weight is 543 g/mol. The molecule has 6 heteroatoms. The van der Waals surface area contributed by atoms with E-state index in [-0.39, 0.29) is 42.0 Å². The molecule has 0 spiro atoms. The summed E-state index contributed by atoms with van der Waals surface area (Å²) in [6.45, 7) is 4.92. The third-order valence-electron chi connectivity index (χ3n) is 9.94. The summed E-state index contributed by atoms with van der Waals surface area (Å²) in [5.74, 6) is -2.55. The number of alkyl halides is 2. The van der Waals surface area contributed by atoms with Gasteiger partial charge in [0, 0.05) is 42.5 Å². The van der Waals surface area contributed by atoms with Crippen LogP contribution in [0.4, 0.5) is 8.78 Å². The lowest BCUT2D eigenvalue weighted by Gasteiger charge is -2.50. The molecule has 206 valence electrons. The first kappa shape index (κ1) is 27.6. The lowest BCUT2D eigenvalue weighted by Crippen LogP contribution is -2.56. The fraction of sp³-hybridized carbons (Fsp3) is 0.625. The first-order valence-corrected chi connectivity index (χ1v) is 15.0. The minimum atomic E-state index is -2.64. The molecule has 3 nitrogen and oxygen atoms in total. The Bertz CT molecular complexity index is 1130. The lowest BCUT2D eigenvalue weighted by molar-refractivity contribution is -0.147. The molecule has 5 rings (SSSR count). The number of benzene rings is 1. The zero-order valence-corrected chi connectivity index (χ0v) is 23.5. The molecular weight excluding hydrogens is 502 g/mol. The second-order valence-electron chi connectivity index (χ2n) is 11.9. The van der Waals surface area contributed by atoms with E-state index in [9.17, 15) is 13.6 Å². The maximum absolute atomic E-state index is 14.7. The van der Waals surface area contributed by atoms with Crippen molar-refractivity contribution in [2.45, 2.75) is 108 Å². The zero-order valence-electron chi connectivity index (χ0n) is 22.8. The van der Waals surface area contributed by atoms with Crippen molar-refractivity contribution in [3.8, 4) is 0 Å². The van der Waals surface area contributed by atoms with Crippen LogP contribution in [-0.2, 0) is 16.6 Å². The van der Waals surface area contributed by atoms with E-state index >= 15 is 0 Å². The SMILES string of the molecule is CC[C@@H](C(=O)N1CC[C@@H](c2ccccc2)CC1C1CCCC(F)(F)C1)[C@]1(CC)CCCc2nc(Cl)ccc21. The molecule has 1 amide bonds. The minimum Gasteiger partial charge on any atom is -0.339 e. The molecule has 2 fully saturated rings. The number of aryl methyl sites for hydroxylation is 1. The van der Waals surface area contributed by atoms with Gasteiger partial charge in [0.1, 0.15) is 5.15 Å². The number of hydrogen-bond acceptors (Lipinski definition) is 2. The van der Waals surface area contributed by atoms with Gasteiger partial charge < -0.3 is 4.90 Å². The molecule has 0 radical (unpaired) electrons. The summed E-state index contributed by atoms with van der Waals surface area (Å²) in [6.07, 6.45) is 7.17. The highest BCUT2D eigenvalue weighted by Gasteiger charge is 2.50. The van der Waals surface area contributed by atoms with Crippen molar-refractivity contribution in [3.63, 3.8) is 0 Å². The number of fused-ring (bicyclic) bond motifs is 1. The molecule has 2 unspecified atom stereocenters. The van der Waals surface area contributed by atoms with Gasteiger partial charge in [0.25, 0.3) is 0 Å². The van der Waals surface area contributed by atoms with Gasteiger partial charge in [0.15, 0.2) is 0 Å². The van der Waals surface area contributed by atoms with E-state index in [4.69, 9.17) is 11.6 Å². The van der Waals surface area contributed by atoms with Gasteiger partial charge in [-0.05, 0) is 86.8 Å². The number of nitrogens with zero attached hydrogens (tertiary/aromatic N) is 2. The summed E-state index contributed by atoms with van der Waals surface area (Å²) >= 11 is 6.26. The normalized spacial score (nSPS) is 29.9. The van der Waals surface area contributed by atoms with Gasteiger partial charge in [0.05, 0.1) is 0 Å². The molecule has 0 N–H and O–H groups in total. The summed E-state index contributed by atoms with van der Waals surface area (Å²) in [4.78, 5) is 21.3. The van der Waals surface area contributed by atoms with Crippen molar-refractivity contribution >= 4 is 17.5 Å². The van der Waals surface area contributed by atoms with Gasteiger partial charge in [-0.15, -0.1) is 0 Å². The largest absolute Gasteiger partial charge is 0.339 e. The average Bonchev–Trinajstić information content (AvgIpc) is 2.92. The van der Waals surface area contributed by atoms with E-state index in [0.29, 0.717) is 24.0 Å².